The first-order valence-electron chi connectivity index (χ1n) is 15.0. The number of thiazole rings is 1. The minimum Gasteiger partial charge on any atom is -0.392 e. The predicted octanol–water partition coefficient (Wildman–Crippen LogP) is 6.28. The van der Waals surface area contributed by atoms with Crippen LogP contribution in [0.1, 0.15) is 44.9 Å². The Bertz CT molecular complexity index is 1870. The van der Waals surface area contributed by atoms with Gasteiger partial charge in [-0.1, -0.05) is 36.4 Å². The van der Waals surface area contributed by atoms with Gasteiger partial charge in [-0.3, -0.25) is 19.7 Å². The molecule has 1 saturated heterocycles. The van der Waals surface area contributed by atoms with Gasteiger partial charge in [-0.2, -0.15) is 0 Å². The lowest BCUT2D eigenvalue weighted by molar-refractivity contribution is -0.129. The highest BCUT2D eigenvalue weighted by atomic mass is 35.5. The Kier molecular flexibility index (Phi) is 7.93. The molecule has 0 spiro atoms. The summed E-state index contributed by atoms with van der Waals surface area (Å²) in [5.74, 6) is -0.0501. The number of likely N-dealkylation sites (tertiary alicyclic amines) is 1. The number of hydrogen-bond donors (Lipinski definition) is 1. The normalized spacial score (nSPS) is 16.6. The summed E-state index contributed by atoms with van der Waals surface area (Å²) in [5.41, 5.74) is 11.2. The third kappa shape index (κ3) is 5.52. The number of aromatic nitrogens is 3. The summed E-state index contributed by atoms with van der Waals surface area (Å²) >= 11 is 7.44. The summed E-state index contributed by atoms with van der Waals surface area (Å²) < 4.78 is 0. The van der Waals surface area contributed by atoms with Crippen LogP contribution in [-0.4, -0.2) is 60.8 Å². The van der Waals surface area contributed by atoms with Crippen molar-refractivity contribution in [3.05, 3.63) is 99.4 Å². The topological polar surface area (TPSA) is 82.4 Å². The van der Waals surface area contributed by atoms with Crippen molar-refractivity contribution in [1.29, 1.82) is 0 Å². The number of halogens is 1. The van der Waals surface area contributed by atoms with Gasteiger partial charge in [0.05, 0.1) is 36.1 Å². The molecule has 7 nitrogen and oxygen atoms in total. The molecule has 1 atom stereocenters. The average Bonchev–Trinajstić information content (AvgIpc) is 3.73. The van der Waals surface area contributed by atoms with Crippen LogP contribution in [0.4, 0.5) is 0 Å². The molecule has 2 aliphatic heterocycles. The van der Waals surface area contributed by atoms with Gasteiger partial charge in [-0.05, 0) is 65.8 Å². The van der Waals surface area contributed by atoms with Gasteiger partial charge in [0.2, 0.25) is 5.91 Å². The van der Waals surface area contributed by atoms with Gasteiger partial charge >= 0.3 is 0 Å². The maximum absolute atomic E-state index is 12.1. The molecule has 2 aromatic carbocycles. The van der Waals surface area contributed by atoms with Gasteiger partial charge in [0.15, 0.2) is 0 Å². The Balaban J connectivity index is 1.15. The van der Waals surface area contributed by atoms with Crippen molar-refractivity contribution in [2.24, 2.45) is 0 Å². The molecule has 1 N–H and O–H groups in total. The van der Waals surface area contributed by atoms with Crippen molar-refractivity contribution < 1.29 is 9.90 Å². The zero-order chi connectivity index (χ0) is 30.4. The molecule has 5 heterocycles. The molecule has 9 heteroatoms. The Morgan fingerprint density at radius 3 is 2.61 bits per heavy atom. The van der Waals surface area contributed by atoms with Crippen LogP contribution in [0.25, 0.3) is 32.6 Å². The van der Waals surface area contributed by atoms with Gasteiger partial charge in [0.1, 0.15) is 10.9 Å². The number of carbonyl (C=O) groups excluding carboxylic acids is 1. The maximum atomic E-state index is 12.1. The molecule has 44 heavy (non-hydrogen) atoms. The zero-order valence-electron chi connectivity index (χ0n) is 24.9. The molecular weight excluding hydrogens is 590 g/mol. The van der Waals surface area contributed by atoms with E-state index < -0.39 is 0 Å². The molecule has 7 rings (SSSR count). The third-order valence-corrected chi connectivity index (χ3v) is 10.3. The van der Waals surface area contributed by atoms with Crippen LogP contribution in [0.15, 0.2) is 60.9 Å². The summed E-state index contributed by atoms with van der Waals surface area (Å²) in [5, 5.41) is 12.0. The monoisotopic (exact) mass is 623 g/mol. The fourth-order valence-electron chi connectivity index (χ4n) is 6.52. The molecule has 0 unspecified atom stereocenters. The van der Waals surface area contributed by atoms with E-state index in [1.54, 1.807) is 16.2 Å². The van der Waals surface area contributed by atoms with E-state index in [4.69, 9.17) is 26.6 Å². The van der Waals surface area contributed by atoms with Crippen LogP contribution >= 0.6 is 22.9 Å². The Morgan fingerprint density at radius 1 is 1.05 bits per heavy atom. The number of β-amino-alcohol motifs (C(OH)–C–C–N with tert-alkyl or cyclic N) is 1. The van der Waals surface area contributed by atoms with E-state index in [1.165, 1.54) is 27.8 Å². The number of pyridine rings is 2. The van der Waals surface area contributed by atoms with E-state index in [-0.39, 0.29) is 17.9 Å². The zero-order valence-corrected chi connectivity index (χ0v) is 26.5. The summed E-state index contributed by atoms with van der Waals surface area (Å²) in [6.45, 7) is 7.91. The summed E-state index contributed by atoms with van der Waals surface area (Å²) in [6.07, 6.45) is 5.14. The van der Waals surface area contributed by atoms with E-state index in [2.05, 4.69) is 61.2 Å². The minimum absolute atomic E-state index is 0.000663. The number of hydrogen-bond acceptors (Lipinski definition) is 7. The highest BCUT2D eigenvalue weighted by Crippen LogP contribution is 2.39. The highest BCUT2D eigenvalue weighted by molar-refractivity contribution is 7.15. The van der Waals surface area contributed by atoms with Gasteiger partial charge in [-0.25, -0.2) is 4.98 Å². The Hall–Kier alpha value is -3.69. The molecular formula is C35H34ClN5O2S. The number of fused-ring (bicyclic) bond motifs is 2. The molecule has 224 valence electrons. The van der Waals surface area contributed by atoms with Crippen molar-refractivity contribution in [3.63, 3.8) is 0 Å². The fourth-order valence-corrected chi connectivity index (χ4v) is 7.85. The van der Waals surface area contributed by atoms with Crippen LogP contribution in [-0.2, 0) is 30.8 Å². The second kappa shape index (κ2) is 12.0. The lowest BCUT2D eigenvalue weighted by atomic mass is 9.90. The molecule has 1 amide bonds. The average molecular weight is 624 g/mol. The van der Waals surface area contributed by atoms with Crippen molar-refractivity contribution in [1.82, 2.24) is 24.8 Å². The van der Waals surface area contributed by atoms with Gasteiger partial charge in [0.25, 0.3) is 0 Å². The molecule has 0 aliphatic carbocycles. The van der Waals surface area contributed by atoms with E-state index in [9.17, 15) is 9.90 Å². The first-order valence-corrected chi connectivity index (χ1v) is 16.4. The number of carbonyl (C=O) groups is 1. The SMILES string of the molecule is Cc1c(Cc2nccc3cc(CN4CC[C@@H](O)C4)cnc23)cccc1-c1cccc(-c2nc3c(s2)CN(C(=O)CCl)C3)c1C. The van der Waals surface area contributed by atoms with Crippen molar-refractivity contribution >= 4 is 39.7 Å². The van der Waals surface area contributed by atoms with Crippen molar-refractivity contribution in [2.45, 2.75) is 52.4 Å². The number of benzene rings is 2. The second-order valence-electron chi connectivity index (χ2n) is 11.9. The van der Waals surface area contributed by atoms with Crippen LogP contribution in [0, 0.1) is 13.8 Å². The Morgan fingerprint density at radius 2 is 1.84 bits per heavy atom. The van der Waals surface area contributed by atoms with Crippen LogP contribution in [0.5, 0.6) is 0 Å². The molecule has 0 bridgehead atoms. The smallest absolute Gasteiger partial charge is 0.238 e. The fraction of sp³-hybridized carbons (Fsp3) is 0.314. The molecule has 3 aromatic heterocycles. The van der Waals surface area contributed by atoms with Crippen LogP contribution in [0.2, 0.25) is 0 Å². The molecule has 2 aliphatic rings. The molecule has 0 saturated carbocycles. The standard InChI is InChI=1S/C35H34ClN5O2S/c1-21-24(14-30-34-25(9-11-37-30)13-23(16-38-34)17-40-12-10-26(42)18-40)5-3-6-27(21)28-7-4-8-29(22(28)2)35-39-31-19-41(33(43)15-36)20-32(31)44-35/h3-9,11,13,16,26,42H,10,12,14-15,17-20H2,1-2H3/t26-/m1/s1. The number of aliphatic hydroxyl groups is 1. The molecule has 0 radical (unpaired) electrons. The number of aliphatic hydroxyl groups excluding tert-OH is 1. The first-order chi connectivity index (χ1) is 21.4. The minimum atomic E-state index is -0.224. The number of nitrogens with zero attached hydrogens (tertiary/aromatic N) is 5. The maximum Gasteiger partial charge on any atom is 0.238 e. The molecule has 1 fully saturated rings. The van der Waals surface area contributed by atoms with Crippen LogP contribution in [0.3, 0.4) is 0 Å². The first kappa shape index (κ1) is 29.0. The summed E-state index contributed by atoms with van der Waals surface area (Å²) in [6, 6.07) is 17.2. The largest absolute Gasteiger partial charge is 0.392 e. The summed E-state index contributed by atoms with van der Waals surface area (Å²) in [7, 11) is 0. The Labute approximate surface area is 266 Å². The summed E-state index contributed by atoms with van der Waals surface area (Å²) in [4.78, 5) is 31.8. The van der Waals surface area contributed by atoms with Crippen LogP contribution < -0.4 is 0 Å². The molecule has 5 aromatic rings. The lowest BCUT2D eigenvalue weighted by Crippen LogP contribution is -2.26. The van der Waals surface area contributed by atoms with Crippen molar-refractivity contribution in [3.8, 4) is 21.7 Å². The second-order valence-corrected chi connectivity index (χ2v) is 13.2. The van der Waals surface area contributed by atoms with Gasteiger partial charge in [0, 0.05) is 54.3 Å². The highest BCUT2D eigenvalue weighted by Gasteiger charge is 2.27. The van der Waals surface area contributed by atoms with Gasteiger partial charge in [-0.15, -0.1) is 22.9 Å². The van der Waals surface area contributed by atoms with Gasteiger partial charge < -0.3 is 10.0 Å². The van der Waals surface area contributed by atoms with E-state index >= 15 is 0 Å². The van der Waals surface area contributed by atoms with E-state index in [0.717, 1.165) is 69.4 Å². The lowest BCUT2D eigenvalue weighted by Gasteiger charge is -2.17. The predicted molar refractivity (Wildman–Crippen MR) is 176 cm³/mol. The van der Waals surface area contributed by atoms with E-state index in [1.807, 2.05) is 18.5 Å². The number of alkyl halides is 1. The van der Waals surface area contributed by atoms with E-state index in [0.29, 0.717) is 19.5 Å². The number of amides is 1. The third-order valence-electron chi connectivity index (χ3n) is 8.96. The van der Waals surface area contributed by atoms with Crippen molar-refractivity contribution in [2.75, 3.05) is 19.0 Å². The quantitative estimate of drug-likeness (QED) is 0.215. The number of rotatable bonds is 7.